The number of likely N-dealkylation sites (tertiary alicyclic amines) is 2. The molecule has 2 aliphatic carbocycles. The van der Waals surface area contributed by atoms with Crippen molar-refractivity contribution in [1.29, 1.82) is 0 Å². The molecule has 0 radical (unpaired) electrons. The van der Waals surface area contributed by atoms with Crippen molar-refractivity contribution in [3.63, 3.8) is 0 Å². The molecule has 2 saturated heterocycles. The molecule has 2 bridgehead atoms. The number of hydrogen-bond acceptors (Lipinski definition) is 5. The van der Waals surface area contributed by atoms with Gasteiger partial charge in [0.15, 0.2) is 5.82 Å². The third-order valence-electron chi connectivity index (χ3n) is 8.77. The zero-order valence-electron chi connectivity index (χ0n) is 18.6. The lowest BCUT2D eigenvalue weighted by atomic mass is 9.52. The molecule has 2 aliphatic heterocycles. The van der Waals surface area contributed by atoms with Crippen LogP contribution >= 0.6 is 0 Å². The summed E-state index contributed by atoms with van der Waals surface area (Å²) >= 11 is 0. The van der Waals surface area contributed by atoms with E-state index in [4.69, 9.17) is 0 Å². The first-order chi connectivity index (χ1) is 15.5. The van der Waals surface area contributed by atoms with Crippen LogP contribution < -0.4 is 0 Å². The van der Waals surface area contributed by atoms with E-state index in [2.05, 4.69) is 21.0 Å². The lowest BCUT2D eigenvalue weighted by Crippen LogP contribution is -2.71. The summed E-state index contributed by atoms with van der Waals surface area (Å²) in [5, 5.41) is 26.9. The molecule has 0 amide bonds. The molecular formula is C25H33FN4O2. The molecule has 6 nitrogen and oxygen atoms in total. The van der Waals surface area contributed by atoms with Gasteiger partial charge in [0.05, 0.1) is 24.5 Å². The number of fused-ring (bicyclic) bond motifs is 1. The summed E-state index contributed by atoms with van der Waals surface area (Å²) in [5.74, 6) is 0.784. The average Bonchev–Trinajstić information content (AvgIpc) is 3.52. The summed E-state index contributed by atoms with van der Waals surface area (Å²) in [7, 11) is 0. The van der Waals surface area contributed by atoms with E-state index in [1.807, 2.05) is 6.07 Å². The number of aliphatic hydroxyl groups is 1. The maximum atomic E-state index is 13.3. The van der Waals surface area contributed by atoms with Crippen LogP contribution in [0.1, 0.15) is 43.2 Å². The molecule has 1 aromatic heterocycles. The molecule has 3 atom stereocenters. The van der Waals surface area contributed by atoms with Gasteiger partial charge in [0.1, 0.15) is 5.75 Å². The van der Waals surface area contributed by atoms with Crippen molar-refractivity contribution >= 4 is 0 Å². The van der Waals surface area contributed by atoms with Gasteiger partial charge in [-0.15, -0.1) is 0 Å². The minimum atomic E-state index is -0.798. The quantitative estimate of drug-likeness (QED) is 0.748. The number of phenols is 1. The predicted octanol–water partition coefficient (Wildman–Crippen LogP) is 2.53. The first kappa shape index (κ1) is 20.6. The number of rotatable bonds is 5. The molecule has 1 aromatic carbocycles. The highest BCUT2D eigenvalue weighted by atomic mass is 19.1. The van der Waals surface area contributed by atoms with Crippen molar-refractivity contribution < 1.29 is 14.6 Å². The van der Waals surface area contributed by atoms with E-state index in [1.165, 1.54) is 36.4 Å². The number of benzene rings is 1. The Hall–Kier alpha value is -1.96. The molecule has 0 unspecified atom stereocenters. The number of piperidine rings is 1. The van der Waals surface area contributed by atoms with Crippen molar-refractivity contribution in [2.75, 3.05) is 32.7 Å². The van der Waals surface area contributed by atoms with E-state index in [9.17, 15) is 14.6 Å². The summed E-state index contributed by atoms with van der Waals surface area (Å²) < 4.78 is 15.0. The maximum Gasteiger partial charge on any atom is 0.161 e. The highest BCUT2D eigenvalue weighted by Gasteiger charge is 2.63. The average molecular weight is 441 g/mol. The van der Waals surface area contributed by atoms with Crippen LogP contribution in [-0.4, -0.2) is 74.2 Å². The maximum absolute atomic E-state index is 13.3. The van der Waals surface area contributed by atoms with Crippen LogP contribution in [0, 0.1) is 11.7 Å². The number of halogens is 1. The van der Waals surface area contributed by atoms with Crippen LogP contribution in [0.3, 0.4) is 0 Å². The highest BCUT2D eigenvalue weighted by molar-refractivity contribution is 5.48. The zero-order chi connectivity index (χ0) is 21.9. The van der Waals surface area contributed by atoms with Crippen LogP contribution in [0.15, 0.2) is 30.6 Å². The Balaban J connectivity index is 1.31. The van der Waals surface area contributed by atoms with E-state index in [0.717, 1.165) is 64.3 Å². The summed E-state index contributed by atoms with van der Waals surface area (Å²) in [6.45, 7) is 5.26. The van der Waals surface area contributed by atoms with E-state index in [1.54, 1.807) is 10.7 Å². The fraction of sp³-hybridized carbons (Fsp3) is 0.640. The molecule has 6 rings (SSSR count). The lowest BCUT2D eigenvalue weighted by molar-refractivity contribution is -0.149. The molecule has 3 fully saturated rings. The second-order valence-corrected chi connectivity index (χ2v) is 10.5. The fourth-order valence-electron chi connectivity index (χ4n) is 6.84. The molecular weight excluding hydrogens is 407 g/mol. The van der Waals surface area contributed by atoms with Crippen molar-refractivity contribution in [2.45, 2.75) is 62.1 Å². The van der Waals surface area contributed by atoms with E-state index < -0.39 is 5.60 Å². The van der Waals surface area contributed by atoms with Crippen LogP contribution in [0.4, 0.5) is 4.39 Å². The van der Waals surface area contributed by atoms with Gasteiger partial charge in [-0.2, -0.15) is 5.10 Å². The van der Waals surface area contributed by atoms with Gasteiger partial charge in [0.2, 0.25) is 0 Å². The molecule has 3 heterocycles. The van der Waals surface area contributed by atoms with Gasteiger partial charge in [-0.3, -0.25) is 9.58 Å². The van der Waals surface area contributed by atoms with Crippen molar-refractivity contribution in [1.82, 2.24) is 19.6 Å². The molecule has 1 saturated carbocycles. The normalized spacial score (nSPS) is 32.9. The summed E-state index contributed by atoms with van der Waals surface area (Å²) in [6.07, 6.45) is 8.71. The third kappa shape index (κ3) is 3.28. The largest absolute Gasteiger partial charge is 0.508 e. The van der Waals surface area contributed by atoms with E-state index in [-0.39, 0.29) is 17.3 Å². The SMILES string of the molecule is Oc1ccc2c(c1)[C@@]13CCN(CCn4cc(F)cn4)CC[C@@]1(O)[C@@H](C2)N(CC1CC1)CC3. The number of nitrogens with zero attached hydrogens (tertiary/aromatic N) is 4. The topological polar surface area (TPSA) is 64.8 Å². The van der Waals surface area contributed by atoms with Gasteiger partial charge in [0.25, 0.3) is 0 Å². The second kappa shape index (κ2) is 7.54. The third-order valence-corrected chi connectivity index (χ3v) is 8.77. The Morgan fingerprint density at radius 3 is 2.69 bits per heavy atom. The summed E-state index contributed by atoms with van der Waals surface area (Å²) in [4.78, 5) is 4.97. The number of phenolic OH excluding ortho intramolecular Hbond substituents is 1. The zero-order valence-corrected chi connectivity index (χ0v) is 18.6. The highest BCUT2D eigenvalue weighted by Crippen LogP contribution is 2.56. The molecule has 172 valence electrons. The minimum Gasteiger partial charge on any atom is -0.508 e. The van der Waals surface area contributed by atoms with Gasteiger partial charge in [-0.1, -0.05) is 6.07 Å². The molecule has 4 aliphatic rings. The second-order valence-electron chi connectivity index (χ2n) is 10.5. The van der Waals surface area contributed by atoms with Gasteiger partial charge in [-0.25, -0.2) is 4.39 Å². The summed E-state index contributed by atoms with van der Waals surface area (Å²) in [6, 6.07) is 5.94. The molecule has 2 aromatic rings. The number of aromatic hydroxyl groups is 1. The van der Waals surface area contributed by atoms with Gasteiger partial charge < -0.3 is 15.1 Å². The monoisotopic (exact) mass is 440 g/mol. The minimum absolute atomic E-state index is 0.133. The Bertz CT molecular complexity index is 1010. The molecule has 32 heavy (non-hydrogen) atoms. The Kier molecular flexibility index (Phi) is 4.86. The Morgan fingerprint density at radius 2 is 1.91 bits per heavy atom. The standard InChI is InChI=1S/C25H33FN4O2/c26-20-15-27-30(17-20)12-11-28-8-5-24-6-10-29(16-18-1-2-18)23(25(24,32)7-9-28)13-19-3-4-21(31)14-22(19)24/h3-4,14-15,17-18,23,31-32H,1-2,5-13,16H2/t23-,24+,25-/m1/s1. The summed E-state index contributed by atoms with van der Waals surface area (Å²) in [5.41, 5.74) is 1.33. The van der Waals surface area contributed by atoms with Crippen LogP contribution in [0.5, 0.6) is 5.75 Å². The number of hydrogen-bond donors (Lipinski definition) is 2. The first-order valence-electron chi connectivity index (χ1n) is 12.2. The first-order valence-corrected chi connectivity index (χ1v) is 12.2. The fourth-order valence-corrected chi connectivity index (χ4v) is 6.84. The van der Waals surface area contributed by atoms with Crippen molar-refractivity contribution in [3.8, 4) is 5.75 Å². The molecule has 0 spiro atoms. The van der Waals surface area contributed by atoms with E-state index >= 15 is 0 Å². The lowest BCUT2D eigenvalue weighted by Gasteiger charge is -2.61. The van der Waals surface area contributed by atoms with Crippen molar-refractivity contribution in [2.24, 2.45) is 5.92 Å². The van der Waals surface area contributed by atoms with Gasteiger partial charge in [-0.05, 0) is 80.8 Å². The predicted molar refractivity (Wildman–Crippen MR) is 119 cm³/mol. The Labute approximate surface area is 188 Å². The molecule has 2 N–H and O–H groups in total. The Morgan fingerprint density at radius 1 is 1.09 bits per heavy atom. The van der Waals surface area contributed by atoms with Crippen LogP contribution in [-0.2, 0) is 18.4 Å². The van der Waals surface area contributed by atoms with Gasteiger partial charge in [0, 0.05) is 31.1 Å². The van der Waals surface area contributed by atoms with Crippen LogP contribution in [0.2, 0.25) is 0 Å². The van der Waals surface area contributed by atoms with Gasteiger partial charge >= 0.3 is 0 Å². The smallest absolute Gasteiger partial charge is 0.161 e. The van der Waals surface area contributed by atoms with Crippen molar-refractivity contribution in [3.05, 3.63) is 47.5 Å². The van der Waals surface area contributed by atoms with E-state index in [0.29, 0.717) is 12.3 Å². The molecule has 7 heteroatoms. The number of aromatic nitrogens is 2. The van der Waals surface area contributed by atoms with Crippen LogP contribution in [0.25, 0.3) is 0 Å².